The van der Waals surface area contributed by atoms with Crippen LogP contribution in [0.3, 0.4) is 0 Å². The number of aliphatic carboxylic acids is 1. The third kappa shape index (κ3) is 2.20. The van der Waals surface area contributed by atoms with E-state index in [4.69, 9.17) is 0 Å². The first kappa shape index (κ1) is 14.1. The molecule has 3 rings (SSSR count). The van der Waals surface area contributed by atoms with Crippen LogP contribution in [0.1, 0.15) is 27.9 Å². The fourth-order valence-corrected chi connectivity index (χ4v) is 2.45. The van der Waals surface area contributed by atoms with Crippen molar-refractivity contribution in [3.05, 3.63) is 47.3 Å². The molecule has 1 amide bonds. The number of amides is 1. The summed E-state index contributed by atoms with van der Waals surface area (Å²) < 4.78 is 26.6. The molecule has 1 aliphatic rings. The van der Waals surface area contributed by atoms with Gasteiger partial charge < -0.3 is 15.0 Å². The summed E-state index contributed by atoms with van der Waals surface area (Å²) in [5.41, 5.74) is 0.199. The second kappa shape index (κ2) is 5.17. The third-order valence-corrected chi connectivity index (χ3v) is 3.43. The van der Waals surface area contributed by atoms with Crippen LogP contribution in [0.25, 0.3) is 0 Å². The number of carbonyl (C=O) groups excluding carboxylic acids is 1. The van der Waals surface area contributed by atoms with Crippen molar-refractivity contribution in [3.63, 3.8) is 0 Å². The highest BCUT2D eigenvalue weighted by atomic mass is 19.1. The molecule has 0 aliphatic carbocycles. The van der Waals surface area contributed by atoms with Gasteiger partial charge in [-0.25, -0.2) is 23.5 Å². The predicted octanol–water partition coefficient (Wildman–Crippen LogP) is 0.907. The van der Waals surface area contributed by atoms with E-state index in [0.29, 0.717) is 24.4 Å². The fraction of sp³-hybridized carbons (Fsp3) is 0.231. The van der Waals surface area contributed by atoms with Crippen LogP contribution in [0, 0.1) is 11.6 Å². The summed E-state index contributed by atoms with van der Waals surface area (Å²) in [4.78, 5) is 35.0. The zero-order chi connectivity index (χ0) is 15.9. The Morgan fingerprint density at radius 2 is 2.14 bits per heavy atom. The number of carbonyl (C=O) groups is 2. The Balaban J connectivity index is 2.00. The molecule has 22 heavy (non-hydrogen) atoms. The van der Waals surface area contributed by atoms with E-state index in [2.05, 4.69) is 15.0 Å². The lowest BCUT2D eigenvalue weighted by Gasteiger charge is -2.31. The number of H-pyrrole nitrogens is 1. The van der Waals surface area contributed by atoms with E-state index >= 15 is 0 Å². The number of imidazole rings is 1. The Labute approximate surface area is 122 Å². The van der Waals surface area contributed by atoms with Crippen molar-refractivity contribution in [2.24, 2.45) is 0 Å². The van der Waals surface area contributed by atoms with Crippen molar-refractivity contribution in [2.75, 3.05) is 6.54 Å². The maximum absolute atomic E-state index is 13.7. The first-order valence-corrected chi connectivity index (χ1v) is 6.36. The zero-order valence-electron chi connectivity index (χ0n) is 11.1. The number of nitrogens with zero attached hydrogens (tertiary/aromatic N) is 3. The van der Waals surface area contributed by atoms with E-state index in [1.807, 2.05) is 0 Å². The van der Waals surface area contributed by atoms with Gasteiger partial charge in [0.25, 0.3) is 5.91 Å². The molecule has 2 aromatic rings. The highest BCUT2D eigenvalue weighted by Crippen LogP contribution is 2.29. The van der Waals surface area contributed by atoms with Gasteiger partial charge in [-0.1, -0.05) is 0 Å². The number of carboxylic acid groups (broad SMARTS) is 1. The van der Waals surface area contributed by atoms with Crippen LogP contribution in [-0.4, -0.2) is 43.4 Å². The molecule has 3 heterocycles. The summed E-state index contributed by atoms with van der Waals surface area (Å²) in [6.07, 6.45) is 2.40. The molecular formula is C13H10F2N4O3. The molecule has 0 spiro atoms. The van der Waals surface area contributed by atoms with Gasteiger partial charge >= 0.3 is 5.97 Å². The molecule has 2 aromatic heterocycles. The summed E-state index contributed by atoms with van der Waals surface area (Å²) in [6.45, 7) is 0.0590. The van der Waals surface area contributed by atoms with Crippen LogP contribution >= 0.6 is 0 Å². The smallest absolute Gasteiger partial charge is 0.332 e. The number of rotatable bonds is 2. The van der Waals surface area contributed by atoms with Crippen LogP contribution in [0.5, 0.6) is 0 Å². The average molecular weight is 308 g/mol. The number of fused-ring (bicyclic) bond motifs is 1. The van der Waals surface area contributed by atoms with Gasteiger partial charge in [-0.3, -0.25) is 4.79 Å². The summed E-state index contributed by atoms with van der Waals surface area (Å²) in [5.74, 6) is -4.26. The normalized spacial score (nSPS) is 17.2. The van der Waals surface area contributed by atoms with Crippen LogP contribution in [0.15, 0.2) is 18.6 Å². The van der Waals surface area contributed by atoms with E-state index < -0.39 is 35.2 Å². The molecule has 0 unspecified atom stereocenters. The van der Waals surface area contributed by atoms with Gasteiger partial charge in [-0.15, -0.1) is 0 Å². The maximum Gasteiger partial charge on any atom is 0.332 e. The molecule has 0 radical (unpaired) electrons. The van der Waals surface area contributed by atoms with Crippen LogP contribution < -0.4 is 0 Å². The van der Waals surface area contributed by atoms with Crippen molar-refractivity contribution in [2.45, 2.75) is 12.5 Å². The van der Waals surface area contributed by atoms with E-state index in [1.54, 1.807) is 0 Å². The minimum atomic E-state index is -1.34. The van der Waals surface area contributed by atoms with Gasteiger partial charge in [0.1, 0.15) is 5.82 Å². The topological polar surface area (TPSA) is 99.2 Å². The van der Waals surface area contributed by atoms with E-state index in [1.165, 1.54) is 6.33 Å². The van der Waals surface area contributed by atoms with Crippen molar-refractivity contribution in [1.29, 1.82) is 0 Å². The van der Waals surface area contributed by atoms with Crippen molar-refractivity contribution in [1.82, 2.24) is 19.9 Å². The van der Waals surface area contributed by atoms with Crippen LogP contribution in [0.4, 0.5) is 8.78 Å². The first-order chi connectivity index (χ1) is 10.5. The number of hydrogen-bond acceptors (Lipinski definition) is 4. The standard InChI is InChI=1S/C13H10F2N4O3/c14-6-3-7(15)9(16-4-6)12(20)19-2-1-8-10(18-5-17-8)11(19)13(21)22/h3-5,11H,1-2H2,(H,17,18)(H,21,22)/t11-/m0/s1. The lowest BCUT2D eigenvalue weighted by atomic mass is 10.0. The molecular weight excluding hydrogens is 298 g/mol. The number of pyridine rings is 1. The number of halogens is 2. The molecule has 0 bridgehead atoms. The van der Waals surface area contributed by atoms with Gasteiger partial charge in [0.05, 0.1) is 18.2 Å². The van der Waals surface area contributed by atoms with Crippen LogP contribution in [0.2, 0.25) is 0 Å². The second-order valence-corrected chi connectivity index (χ2v) is 4.74. The van der Waals surface area contributed by atoms with E-state index in [-0.39, 0.29) is 12.2 Å². The lowest BCUT2D eigenvalue weighted by molar-refractivity contribution is -0.143. The van der Waals surface area contributed by atoms with Gasteiger partial charge in [0.15, 0.2) is 17.6 Å². The molecule has 9 heteroatoms. The lowest BCUT2D eigenvalue weighted by Crippen LogP contribution is -2.44. The molecule has 0 fully saturated rings. The van der Waals surface area contributed by atoms with E-state index in [9.17, 15) is 23.5 Å². The van der Waals surface area contributed by atoms with Crippen molar-refractivity contribution >= 4 is 11.9 Å². The Bertz CT molecular complexity index is 761. The molecule has 1 atom stereocenters. The second-order valence-electron chi connectivity index (χ2n) is 4.74. The first-order valence-electron chi connectivity index (χ1n) is 6.36. The number of carboxylic acids is 1. The average Bonchev–Trinajstić information content (AvgIpc) is 2.93. The Morgan fingerprint density at radius 3 is 2.82 bits per heavy atom. The summed E-state index contributed by atoms with van der Waals surface area (Å²) in [7, 11) is 0. The molecule has 0 saturated carbocycles. The van der Waals surface area contributed by atoms with Crippen molar-refractivity contribution in [3.8, 4) is 0 Å². The molecule has 7 nitrogen and oxygen atoms in total. The SMILES string of the molecule is O=C(O)[C@@H]1c2nc[nH]c2CCN1C(=O)c1ncc(F)cc1F. The Hall–Kier alpha value is -2.84. The number of hydrogen-bond donors (Lipinski definition) is 2. The van der Waals surface area contributed by atoms with Gasteiger partial charge in [0.2, 0.25) is 0 Å². The van der Waals surface area contributed by atoms with Gasteiger partial charge in [0, 0.05) is 24.7 Å². The Morgan fingerprint density at radius 1 is 1.36 bits per heavy atom. The molecule has 114 valence electrons. The zero-order valence-corrected chi connectivity index (χ0v) is 11.1. The molecule has 2 N–H and O–H groups in total. The number of aromatic nitrogens is 3. The summed E-state index contributed by atoms with van der Waals surface area (Å²) in [5, 5.41) is 9.36. The molecule has 0 aromatic carbocycles. The highest BCUT2D eigenvalue weighted by Gasteiger charge is 2.39. The quantitative estimate of drug-likeness (QED) is 0.859. The van der Waals surface area contributed by atoms with Crippen LogP contribution in [-0.2, 0) is 11.2 Å². The van der Waals surface area contributed by atoms with E-state index in [0.717, 1.165) is 4.90 Å². The monoisotopic (exact) mass is 308 g/mol. The molecule has 0 saturated heterocycles. The largest absolute Gasteiger partial charge is 0.479 e. The van der Waals surface area contributed by atoms with Gasteiger partial charge in [-0.2, -0.15) is 0 Å². The number of aromatic amines is 1. The van der Waals surface area contributed by atoms with Crippen molar-refractivity contribution < 1.29 is 23.5 Å². The minimum Gasteiger partial charge on any atom is -0.479 e. The predicted molar refractivity (Wildman–Crippen MR) is 67.9 cm³/mol. The Kier molecular flexibility index (Phi) is 3.32. The maximum atomic E-state index is 13.7. The number of nitrogens with one attached hydrogen (secondary N) is 1. The summed E-state index contributed by atoms with van der Waals surface area (Å²) in [6, 6.07) is -0.811. The third-order valence-electron chi connectivity index (χ3n) is 3.43. The van der Waals surface area contributed by atoms with Gasteiger partial charge in [-0.05, 0) is 0 Å². The minimum absolute atomic E-state index is 0.0590. The fourth-order valence-electron chi connectivity index (χ4n) is 2.45. The summed E-state index contributed by atoms with van der Waals surface area (Å²) >= 11 is 0. The highest BCUT2D eigenvalue weighted by molar-refractivity contribution is 5.95. The molecule has 1 aliphatic heterocycles.